The van der Waals surface area contributed by atoms with E-state index in [0.29, 0.717) is 5.69 Å². The summed E-state index contributed by atoms with van der Waals surface area (Å²) in [4.78, 5) is 12.9. The number of benzene rings is 2. The zero-order valence-electron chi connectivity index (χ0n) is 17.5. The number of anilines is 1. The Kier molecular flexibility index (Phi) is 6.88. The first-order chi connectivity index (χ1) is 13.0. The summed E-state index contributed by atoms with van der Waals surface area (Å²) >= 11 is 0. The molecule has 0 saturated heterocycles. The van der Waals surface area contributed by atoms with E-state index in [4.69, 9.17) is 0 Å². The van der Waals surface area contributed by atoms with Gasteiger partial charge >= 0.3 is 0 Å². The predicted molar refractivity (Wildman–Crippen MR) is 115 cm³/mol. The standard InChI is InChI=1S/C22H30N2O3S/c1-7-19-10-12-20(13-11-19)17(4)23-22(25)18(5)24(28(6,26)27)21-14-15(2)8-9-16(21)3/h8-14,17-18H,7H2,1-6H3,(H,23,25). The van der Waals surface area contributed by atoms with E-state index in [2.05, 4.69) is 12.2 Å². The number of carbonyl (C=O) groups excluding carboxylic acids is 1. The van der Waals surface area contributed by atoms with Gasteiger partial charge in [0.05, 0.1) is 18.0 Å². The number of nitrogens with zero attached hydrogens (tertiary/aromatic N) is 1. The third-order valence-corrected chi connectivity index (χ3v) is 6.16. The van der Waals surface area contributed by atoms with Gasteiger partial charge in [0.1, 0.15) is 6.04 Å². The zero-order valence-corrected chi connectivity index (χ0v) is 18.3. The summed E-state index contributed by atoms with van der Waals surface area (Å²) in [5.41, 5.74) is 4.49. The Bertz CT molecular complexity index is 937. The van der Waals surface area contributed by atoms with Crippen LogP contribution in [0.4, 0.5) is 5.69 Å². The van der Waals surface area contributed by atoms with Crippen LogP contribution in [0.1, 0.15) is 49.1 Å². The molecule has 1 amide bonds. The van der Waals surface area contributed by atoms with Crippen molar-refractivity contribution >= 4 is 21.6 Å². The van der Waals surface area contributed by atoms with Gasteiger partial charge in [-0.2, -0.15) is 0 Å². The first kappa shape index (κ1) is 22.0. The second kappa shape index (κ2) is 8.78. The molecule has 2 rings (SSSR count). The molecule has 0 aliphatic rings. The third-order valence-electron chi connectivity index (χ3n) is 4.94. The lowest BCUT2D eigenvalue weighted by atomic mass is 10.0. The van der Waals surface area contributed by atoms with E-state index >= 15 is 0 Å². The van der Waals surface area contributed by atoms with Crippen molar-refractivity contribution in [1.29, 1.82) is 0 Å². The van der Waals surface area contributed by atoms with Crippen LogP contribution in [0.25, 0.3) is 0 Å². The molecule has 0 aromatic heterocycles. The predicted octanol–water partition coefficient (Wildman–Crippen LogP) is 3.90. The molecule has 2 aromatic rings. The second-order valence-electron chi connectivity index (χ2n) is 7.35. The van der Waals surface area contributed by atoms with Gasteiger partial charge in [0, 0.05) is 0 Å². The number of hydrogen-bond donors (Lipinski definition) is 1. The normalized spacial score (nSPS) is 13.6. The van der Waals surface area contributed by atoms with Gasteiger partial charge in [-0.1, -0.05) is 43.3 Å². The van der Waals surface area contributed by atoms with E-state index in [9.17, 15) is 13.2 Å². The summed E-state index contributed by atoms with van der Waals surface area (Å²) in [6.45, 7) is 9.35. The Balaban J connectivity index is 2.27. The summed E-state index contributed by atoms with van der Waals surface area (Å²) in [5.74, 6) is -0.335. The Morgan fingerprint density at radius 1 is 1.07 bits per heavy atom. The highest BCUT2D eigenvalue weighted by Crippen LogP contribution is 2.26. The Hall–Kier alpha value is -2.34. The molecule has 0 fully saturated rings. The number of sulfonamides is 1. The van der Waals surface area contributed by atoms with Gasteiger partial charge < -0.3 is 5.32 Å². The van der Waals surface area contributed by atoms with E-state index in [1.165, 1.54) is 9.87 Å². The van der Waals surface area contributed by atoms with Crippen molar-refractivity contribution < 1.29 is 13.2 Å². The van der Waals surface area contributed by atoms with Crippen LogP contribution in [0.5, 0.6) is 0 Å². The molecule has 0 bridgehead atoms. The van der Waals surface area contributed by atoms with Crippen LogP contribution in [0.3, 0.4) is 0 Å². The number of carbonyl (C=O) groups is 1. The topological polar surface area (TPSA) is 66.5 Å². The molecule has 6 heteroatoms. The van der Waals surface area contributed by atoms with Gasteiger partial charge in [-0.25, -0.2) is 8.42 Å². The molecule has 0 spiro atoms. The summed E-state index contributed by atoms with van der Waals surface area (Å²) < 4.78 is 26.2. The number of rotatable bonds is 7. The van der Waals surface area contributed by atoms with Crippen molar-refractivity contribution in [3.05, 3.63) is 64.7 Å². The molecule has 0 saturated carbocycles. The minimum atomic E-state index is -3.64. The van der Waals surface area contributed by atoms with Crippen molar-refractivity contribution in [2.24, 2.45) is 0 Å². The van der Waals surface area contributed by atoms with Crippen LogP contribution in [0, 0.1) is 13.8 Å². The molecular weight excluding hydrogens is 372 g/mol. The molecule has 0 aliphatic heterocycles. The van der Waals surface area contributed by atoms with E-state index in [1.807, 2.05) is 57.2 Å². The van der Waals surface area contributed by atoms with Crippen molar-refractivity contribution in [3.8, 4) is 0 Å². The number of amides is 1. The summed E-state index contributed by atoms with van der Waals surface area (Å²) in [6.07, 6.45) is 2.09. The van der Waals surface area contributed by atoms with Crippen molar-refractivity contribution in [2.75, 3.05) is 10.6 Å². The van der Waals surface area contributed by atoms with E-state index in [-0.39, 0.29) is 11.9 Å². The minimum Gasteiger partial charge on any atom is -0.348 e. The summed E-state index contributed by atoms with van der Waals surface area (Å²) in [6, 6.07) is 12.6. The molecule has 0 radical (unpaired) electrons. The van der Waals surface area contributed by atoms with Crippen LogP contribution in [0.15, 0.2) is 42.5 Å². The fourth-order valence-corrected chi connectivity index (χ4v) is 4.42. The molecule has 2 unspecified atom stereocenters. The fraction of sp³-hybridized carbons (Fsp3) is 0.409. The van der Waals surface area contributed by atoms with Crippen LogP contribution < -0.4 is 9.62 Å². The highest BCUT2D eigenvalue weighted by molar-refractivity contribution is 7.92. The summed E-state index contributed by atoms with van der Waals surface area (Å²) in [5, 5.41) is 2.94. The number of aryl methyl sites for hydroxylation is 3. The summed E-state index contributed by atoms with van der Waals surface area (Å²) in [7, 11) is -3.64. The molecular formula is C22H30N2O3S. The fourth-order valence-electron chi connectivity index (χ4n) is 3.20. The van der Waals surface area contributed by atoms with Gasteiger partial charge in [-0.15, -0.1) is 0 Å². The second-order valence-corrected chi connectivity index (χ2v) is 9.21. The largest absolute Gasteiger partial charge is 0.348 e. The van der Waals surface area contributed by atoms with Crippen LogP contribution >= 0.6 is 0 Å². The highest BCUT2D eigenvalue weighted by Gasteiger charge is 2.30. The van der Waals surface area contributed by atoms with Crippen molar-refractivity contribution in [2.45, 2.75) is 53.1 Å². The first-order valence-electron chi connectivity index (χ1n) is 9.50. The minimum absolute atomic E-state index is 0.221. The lowest BCUT2D eigenvalue weighted by Gasteiger charge is -2.30. The molecule has 0 aliphatic carbocycles. The van der Waals surface area contributed by atoms with E-state index < -0.39 is 16.1 Å². The van der Waals surface area contributed by atoms with Crippen molar-refractivity contribution in [3.63, 3.8) is 0 Å². The number of nitrogens with one attached hydrogen (secondary N) is 1. The first-order valence-corrected chi connectivity index (χ1v) is 11.3. The lowest BCUT2D eigenvalue weighted by molar-refractivity contribution is -0.122. The average Bonchev–Trinajstić information content (AvgIpc) is 2.63. The molecule has 2 aromatic carbocycles. The maximum atomic E-state index is 12.9. The highest BCUT2D eigenvalue weighted by atomic mass is 32.2. The molecule has 2 atom stereocenters. The Morgan fingerprint density at radius 2 is 1.68 bits per heavy atom. The van der Waals surface area contributed by atoms with Crippen LogP contribution in [-0.2, 0) is 21.2 Å². The Morgan fingerprint density at radius 3 is 2.21 bits per heavy atom. The zero-order chi connectivity index (χ0) is 21.1. The lowest BCUT2D eigenvalue weighted by Crippen LogP contribution is -2.48. The maximum Gasteiger partial charge on any atom is 0.244 e. The van der Waals surface area contributed by atoms with Gasteiger partial charge in [0.15, 0.2) is 0 Å². The quantitative estimate of drug-likeness (QED) is 0.764. The molecule has 0 heterocycles. The molecule has 152 valence electrons. The van der Waals surface area contributed by atoms with Gasteiger partial charge in [-0.3, -0.25) is 9.10 Å². The Labute approximate surface area is 168 Å². The van der Waals surface area contributed by atoms with Crippen LogP contribution in [-0.4, -0.2) is 26.6 Å². The average molecular weight is 403 g/mol. The smallest absolute Gasteiger partial charge is 0.244 e. The van der Waals surface area contributed by atoms with E-state index in [0.717, 1.165) is 29.4 Å². The number of hydrogen-bond acceptors (Lipinski definition) is 3. The maximum absolute atomic E-state index is 12.9. The monoisotopic (exact) mass is 402 g/mol. The molecule has 5 nitrogen and oxygen atoms in total. The van der Waals surface area contributed by atoms with Gasteiger partial charge in [-0.05, 0) is 62.4 Å². The van der Waals surface area contributed by atoms with Crippen LogP contribution in [0.2, 0.25) is 0 Å². The molecule has 28 heavy (non-hydrogen) atoms. The van der Waals surface area contributed by atoms with E-state index in [1.54, 1.807) is 13.0 Å². The molecule has 1 N–H and O–H groups in total. The van der Waals surface area contributed by atoms with Gasteiger partial charge in [0.25, 0.3) is 0 Å². The third kappa shape index (κ3) is 5.13. The van der Waals surface area contributed by atoms with Gasteiger partial charge in [0.2, 0.25) is 15.9 Å². The SMILES string of the molecule is CCc1ccc(C(C)NC(=O)C(C)N(c2cc(C)ccc2C)S(C)(=O)=O)cc1. The van der Waals surface area contributed by atoms with Crippen molar-refractivity contribution in [1.82, 2.24) is 5.32 Å².